The maximum absolute atomic E-state index is 10.6. The summed E-state index contributed by atoms with van der Waals surface area (Å²) in [6.45, 7) is 7.55. The van der Waals surface area contributed by atoms with Crippen molar-refractivity contribution < 1.29 is 4.92 Å². The molecule has 0 atom stereocenters. The second-order valence-electron chi connectivity index (χ2n) is 5.29. The van der Waals surface area contributed by atoms with E-state index in [-0.39, 0.29) is 5.82 Å². The van der Waals surface area contributed by atoms with Crippen LogP contribution in [0.5, 0.6) is 0 Å². The zero-order valence-electron chi connectivity index (χ0n) is 11.4. The molecular formula is C14H19N3O2. The molecule has 0 spiro atoms. The molecule has 0 bridgehead atoms. The van der Waals surface area contributed by atoms with Crippen molar-refractivity contribution in [1.82, 2.24) is 9.88 Å². The van der Waals surface area contributed by atoms with Gasteiger partial charge in [0.05, 0.1) is 0 Å². The average Bonchev–Trinajstić information content (AvgIpc) is 2.39. The molecule has 0 radical (unpaired) electrons. The molecule has 0 amide bonds. The topological polar surface area (TPSA) is 59.3 Å². The van der Waals surface area contributed by atoms with Crippen molar-refractivity contribution in [2.75, 3.05) is 19.6 Å². The zero-order valence-corrected chi connectivity index (χ0v) is 11.4. The summed E-state index contributed by atoms with van der Waals surface area (Å²) in [5.41, 5.74) is 2.23. The highest BCUT2D eigenvalue weighted by Crippen LogP contribution is 2.23. The number of pyridine rings is 1. The van der Waals surface area contributed by atoms with Gasteiger partial charge in [0.15, 0.2) is 0 Å². The van der Waals surface area contributed by atoms with Gasteiger partial charge in [-0.2, -0.15) is 0 Å². The number of nitro groups is 1. The van der Waals surface area contributed by atoms with Crippen LogP contribution in [0.3, 0.4) is 0 Å². The summed E-state index contributed by atoms with van der Waals surface area (Å²) in [4.78, 5) is 16.4. The van der Waals surface area contributed by atoms with Crippen LogP contribution in [0.15, 0.2) is 24.4 Å². The van der Waals surface area contributed by atoms with Crippen molar-refractivity contribution in [3.8, 4) is 0 Å². The van der Waals surface area contributed by atoms with Gasteiger partial charge in [-0.1, -0.05) is 19.9 Å². The van der Waals surface area contributed by atoms with Gasteiger partial charge in [0.1, 0.15) is 6.20 Å². The Morgan fingerprint density at radius 2 is 2.26 bits per heavy atom. The fourth-order valence-electron chi connectivity index (χ4n) is 2.34. The van der Waals surface area contributed by atoms with E-state index in [9.17, 15) is 10.1 Å². The molecule has 0 unspecified atom stereocenters. The first-order valence-corrected chi connectivity index (χ1v) is 6.58. The smallest absolute Gasteiger partial charge is 0.358 e. The van der Waals surface area contributed by atoms with Gasteiger partial charge in [0, 0.05) is 31.3 Å². The monoisotopic (exact) mass is 261 g/mol. The standard InChI is InChI=1S/C14H19N3O2/c1-11(2)10-16-7-5-12(6-8-16)13-3-4-14(15-9-13)17(18)19/h3-5,9,11H,6-8,10H2,1-2H3. The zero-order chi connectivity index (χ0) is 13.8. The van der Waals surface area contributed by atoms with Crippen LogP contribution in [0.1, 0.15) is 25.8 Å². The lowest BCUT2D eigenvalue weighted by Gasteiger charge is -2.27. The van der Waals surface area contributed by atoms with E-state index in [1.54, 1.807) is 12.3 Å². The first kappa shape index (κ1) is 13.7. The molecule has 1 aliphatic rings. The Kier molecular flexibility index (Phi) is 4.27. The van der Waals surface area contributed by atoms with Gasteiger partial charge in [-0.15, -0.1) is 0 Å². The Hall–Kier alpha value is -1.75. The lowest BCUT2D eigenvalue weighted by Crippen LogP contribution is -2.31. The normalized spacial score (nSPS) is 16.5. The molecule has 0 N–H and O–H groups in total. The van der Waals surface area contributed by atoms with Crippen LogP contribution in [-0.2, 0) is 0 Å². The number of aromatic nitrogens is 1. The van der Waals surface area contributed by atoms with Crippen LogP contribution in [0, 0.1) is 16.0 Å². The van der Waals surface area contributed by atoms with Crippen LogP contribution in [-0.4, -0.2) is 34.4 Å². The Bertz CT molecular complexity index is 480. The molecule has 5 nitrogen and oxygen atoms in total. The molecular weight excluding hydrogens is 242 g/mol. The van der Waals surface area contributed by atoms with E-state index in [1.165, 1.54) is 11.6 Å². The van der Waals surface area contributed by atoms with E-state index in [0.29, 0.717) is 5.92 Å². The molecule has 1 aliphatic heterocycles. The minimum absolute atomic E-state index is 0.0957. The molecule has 5 heteroatoms. The van der Waals surface area contributed by atoms with E-state index in [2.05, 4.69) is 29.8 Å². The fraction of sp³-hybridized carbons (Fsp3) is 0.500. The lowest BCUT2D eigenvalue weighted by atomic mass is 10.0. The Labute approximate surface area is 113 Å². The molecule has 0 aromatic carbocycles. The van der Waals surface area contributed by atoms with Gasteiger partial charge in [-0.3, -0.25) is 4.90 Å². The third-order valence-corrected chi connectivity index (χ3v) is 3.22. The van der Waals surface area contributed by atoms with E-state index >= 15 is 0 Å². The summed E-state index contributed by atoms with van der Waals surface area (Å²) in [6.07, 6.45) is 4.78. The second kappa shape index (κ2) is 5.93. The molecule has 0 aliphatic carbocycles. The third-order valence-electron chi connectivity index (χ3n) is 3.22. The highest BCUT2D eigenvalue weighted by molar-refractivity contribution is 5.66. The Morgan fingerprint density at radius 3 is 2.74 bits per heavy atom. The summed E-state index contributed by atoms with van der Waals surface area (Å²) < 4.78 is 0. The van der Waals surface area contributed by atoms with E-state index in [0.717, 1.165) is 31.6 Å². The van der Waals surface area contributed by atoms with Crippen molar-refractivity contribution in [2.45, 2.75) is 20.3 Å². The van der Waals surface area contributed by atoms with Crippen molar-refractivity contribution in [3.05, 3.63) is 40.1 Å². The molecule has 102 valence electrons. The van der Waals surface area contributed by atoms with Gasteiger partial charge < -0.3 is 10.1 Å². The van der Waals surface area contributed by atoms with Gasteiger partial charge in [0.2, 0.25) is 0 Å². The van der Waals surface area contributed by atoms with Gasteiger partial charge >= 0.3 is 5.82 Å². The fourth-order valence-corrected chi connectivity index (χ4v) is 2.34. The number of hydrogen-bond donors (Lipinski definition) is 0. The highest BCUT2D eigenvalue weighted by atomic mass is 16.6. The minimum Gasteiger partial charge on any atom is -0.358 e. The van der Waals surface area contributed by atoms with E-state index in [4.69, 9.17) is 0 Å². The summed E-state index contributed by atoms with van der Waals surface area (Å²) >= 11 is 0. The molecule has 1 aromatic heterocycles. The maximum atomic E-state index is 10.6. The third kappa shape index (κ3) is 3.61. The second-order valence-corrected chi connectivity index (χ2v) is 5.29. The molecule has 2 rings (SSSR count). The van der Waals surface area contributed by atoms with Crippen molar-refractivity contribution in [3.63, 3.8) is 0 Å². The quantitative estimate of drug-likeness (QED) is 0.617. The lowest BCUT2D eigenvalue weighted by molar-refractivity contribution is -0.389. The summed E-state index contributed by atoms with van der Waals surface area (Å²) in [6, 6.07) is 3.26. The van der Waals surface area contributed by atoms with E-state index in [1.807, 2.05) is 0 Å². The predicted molar refractivity (Wildman–Crippen MR) is 74.8 cm³/mol. The van der Waals surface area contributed by atoms with Crippen molar-refractivity contribution in [2.24, 2.45) is 5.92 Å². The maximum Gasteiger partial charge on any atom is 0.363 e. The predicted octanol–water partition coefficient (Wildman–Crippen LogP) is 2.73. The highest BCUT2D eigenvalue weighted by Gasteiger charge is 2.15. The first-order chi connectivity index (χ1) is 9.06. The van der Waals surface area contributed by atoms with Gasteiger partial charge in [-0.05, 0) is 33.9 Å². The van der Waals surface area contributed by atoms with E-state index < -0.39 is 4.92 Å². The van der Waals surface area contributed by atoms with Gasteiger partial charge in [0.25, 0.3) is 0 Å². The number of nitrogens with zero attached hydrogens (tertiary/aromatic N) is 3. The molecule has 2 heterocycles. The largest absolute Gasteiger partial charge is 0.363 e. The van der Waals surface area contributed by atoms with Crippen molar-refractivity contribution >= 4 is 11.4 Å². The molecule has 0 saturated heterocycles. The summed E-state index contributed by atoms with van der Waals surface area (Å²) in [5.74, 6) is 0.581. The SMILES string of the molecule is CC(C)CN1CC=C(c2ccc([N+](=O)[O-])nc2)CC1. The van der Waals surface area contributed by atoms with Crippen LogP contribution >= 0.6 is 0 Å². The summed E-state index contributed by atoms with van der Waals surface area (Å²) in [7, 11) is 0. The Morgan fingerprint density at radius 1 is 1.47 bits per heavy atom. The van der Waals surface area contributed by atoms with Crippen LogP contribution in [0.4, 0.5) is 5.82 Å². The Balaban J connectivity index is 2.03. The molecule has 1 aromatic rings. The number of rotatable bonds is 4. The minimum atomic E-state index is -0.469. The van der Waals surface area contributed by atoms with Crippen LogP contribution < -0.4 is 0 Å². The molecule has 19 heavy (non-hydrogen) atoms. The van der Waals surface area contributed by atoms with Crippen LogP contribution in [0.25, 0.3) is 5.57 Å². The number of hydrogen-bond acceptors (Lipinski definition) is 4. The summed E-state index contributed by atoms with van der Waals surface area (Å²) in [5, 5.41) is 10.6. The first-order valence-electron chi connectivity index (χ1n) is 6.58. The van der Waals surface area contributed by atoms with Crippen molar-refractivity contribution in [1.29, 1.82) is 0 Å². The molecule has 0 fully saturated rings. The van der Waals surface area contributed by atoms with Gasteiger partial charge in [-0.25, -0.2) is 0 Å². The average molecular weight is 261 g/mol. The molecule has 0 saturated carbocycles. The van der Waals surface area contributed by atoms with Crippen LogP contribution in [0.2, 0.25) is 0 Å².